The Bertz CT molecular complexity index is 1280. The minimum Gasteiger partial charge on any atom is -0.333 e. The molecule has 8 heteroatoms. The highest BCUT2D eigenvalue weighted by molar-refractivity contribution is 7.22. The predicted octanol–water partition coefficient (Wildman–Crippen LogP) is 5.34. The Hall–Kier alpha value is -2.97. The number of urea groups is 1. The fourth-order valence-corrected chi connectivity index (χ4v) is 8.65. The zero-order valence-electron chi connectivity index (χ0n) is 21.7. The first-order valence-electron chi connectivity index (χ1n) is 14.1. The number of nitrogens with one attached hydrogen (secondary N) is 2. The molecule has 5 aliphatic rings. The number of para-hydroxylation sites is 1. The number of anilines is 1. The number of fused-ring (bicyclic) bond motifs is 1. The first-order valence-corrected chi connectivity index (χ1v) is 14.9. The molecule has 1 aliphatic heterocycles. The van der Waals surface area contributed by atoms with Crippen molar-refractivity contribution in [2.75, 3.05) is 31.5 Å². The predicted molar refractivity (Wildman–Crippen MR) is 150 cm³/mol. The molecule has 4 aliphatic carbocycles. The monoisotopic (exact) mass is 529 g/mol. The lowest BCUT2D eigenvalue weighted by Gasteiger charge is -2.57. The van der Waals surface area contributed by atoms with Crippen LogP contribution in [-0.2, 0) is 6.54 Å². The van der Waals surface area contributed by atoms with E-state index in [-0.39, 0.29) is 17.5 Å². The summed E-state index contributed by atoms with van der Waals surface area (Å²) in [5.41, 5.74) is 2.77. The lowest BCUT2D eigenvalue weighted by molar-refractivity contribution is -0.0165. The molecular weight excluding hydrogens is 494 g/mol. The van der Waals surface area contributed by atoms with Gasteiger partial charge in [0.25, 0.3) is 5.91 Å². The van der Waals surface area contributed by atoms with Crippen molar-refractivity contribution in [1.29, 1.82) is 0 Å². The highest BCUT2D eigenvalue weighted by Gasteiger charge is 2.51. The average Bonchev–Trinajstić information content (AvgIpc) is 3.31. The van der Waals surface area contributed by atoms with Gasteiger partial charge in [-0.3, -0.25) is 15.0 Å². The van der Waals surface area contributed by atoms with Gasteiger partial charge in [-0.1, -0.05) is 35.6 Å². The van der Waals surface area contributed by atoms with E-state index >= 15 is 0 Å². The first kappa shape index (κ1) is 24.1. The molecular formula is C30H35N5O2S. The summed E-state index contributed by atoms with van der Waals surface area (Å²) in [6.45, 7) is 4.09. The number of hydrogen-bond acceptors (Lipinski definition) is 5. The van der Waals surface area contributed by atoms with E-state index in [1.54, 1.807) is 0 Å². The number of piperazine rings is 1. The van der Waals surface area contributed by atoms with Crippen molar-refractivity contribution in [2.45, 2.75) is 50.6 Å². The quantitative estimate of drug-likeness (QED) is 0.468. The van der Waals surface area contributed by atoms with Gasteiger partial charge < -0.3 is 10.2 Å². The highest BCUT2D eigenvalue weighted by atomic mass is 32.1. The smallest absolute Gasteiger partial charge is 0.317 e. The zero-order valence-corrected chi connectivity index (χ0v) is 22.5. The van der Waals surface area contributed by atoms with E-state index in [9.17, 15) is 9.59 Å². The van der Waals surface area contributed by atoms with E-state index in [0.717, 1.165) is 60.7 Å². The molecule has 0 radical (unpaired) electrons. The van der Waals surface area contributed by atoms with E-state index in [2.05, 4.69) is 20.5 Å². The van der Waals surface area contributed by atoms with Crippen molar-refractivity contribution in [1.82, 2.24) is 20.1 Å². The van der Waals surface area contributed by atoms with Gasteiger partial charge in [0.15, 0.2) is 5.13 Å². The number of carbonyl (C=O) groups is 2. The summed E-state index contributed by atoms with van der Waals surface area (Å²) < 4.78 is 1.06. The second-order valence-electron chi connectivity index (χ2n) is 12.0. The Kier molecular flexibility index (Phi) is 6.12. The topological polar surface area (TPSA) is 77.6 Å². The van der Waals surface area contributed by atoms with Crippen LogP contribution in [-0.4, -0.2) is 58.4 Å². The summed E-state index contributed by atoms with van der Waals surface area (Å²) in [4.78, 5) is 34.8. The molecule has 0 atom stereocenters. The van der Waals surface area contributed by atoms with Gasteiger partial charge >= 0.3 is 6.03 Å². The van der Waals surface area contributed by atoms with Crippen molar-refractivity contribution >= 4 is 38.6 Å². The summed E-state index contributed by atoms with van der Waals surface area (Å²) >= 11 is 1.48. The molecule has 8 rings (SSSR count). The van der Waals surface area contributed by atoms with Crippen LogP contribution in [0.5, 0.6) is 0 Å². The Morgan fingerprint density at radius 2 is 1.55 bits per heavy atom. The molecule has 198 valence electrons. The molecule has 38 heavy (non-hydrogen) atoms. The molecule has 2 heterocycles. The lowest BCUT2D eigenvalue weighted by Crippen LogP contribution is -2.63. The van der Waals surface area contributed by atoms with Gasteiger partial charge in [0.2, 0.25) is 0 Å². The molecule has 4 bridgehead atoms. The molecule has 0 unspecified atom stereocenters. The van der Waals surface area contributed by atoms with Crippen LogP contribution < -0.4 is 10.6 Å². The summed E-state index contributed by atoms with van der Waals surface area (Å²) in [5.74, 6) is 2.37. The van der Waals surface area contributed by atoms with E-state index < -0.39 is 0 Å². The molecule has 3 amide bonds. The maximum absolute atomic E-state index is 13.2. The van der Waals surface area contributed by atoms with Crippen LogP contribution in [0.15, 0.2) is 48.5 Å². The third-order valence-electron chi connectivity index (χ3n) is 9.21. The number of hydrogen-bond donors (Lipinski definition) is 2. The van der Waals surface area contributed by atoms with Crippen LogP contribution in [0.3, 0.4) is 0 Å². The maximum atomic E-state index is 13.2. The van der Waals surface area contributed by atoms with Crippen LogP contribution in [0.25, 0.3) is 10.2 Å². The summed E-state index contributed by atoms with van der Waals surface area (Å²) in [6, 6.07) is 15.8. The van der Waals surface area contributed by atoms with Gasteiger partial charge in [-0.15, -0.1) is 0 Å². The molecule has 7 nitrogen and oxygen atoms in total. The molecule has 1 saturated heterocycles. The Balaban J connectivity index is 0.899. The minimum absolute atomic E-state index is 0.0735. The van der Waals surface area contributed by atoms with E-state index in [0.29, 0.717) is 10.7 Å². The molecule has 2 N–H and O–H groups in total. The number of carbonyl (C=O) groups excluding carboxylic acids is 2. The van der Waals surface area contributed by atoms with Gasteiger partial charge in [-0.2, -0.15) is 0 Å². The normalized spacial score (nSPS) is 28.5. The zero-order chi connectivity index (χ0) is 25.7. The van der Waals surface area contributed by atoms with Crippen molar-refractivity contribution in [2.24, 2.45) is 17.8 Å². The Labute approximate surface area is 227 Å². The molecule has 3 aromatic rings. The number of amides is 3. The number of nitrogens with zero attached hydrogens (tertiary/aromatic N) is 3. The molecule has 4 saturated carbocycles. The van der Waals surface area contributed by atoms with Gasteiger partial charge in [0.05, 0.1) is 10.2 Å². The van der Waals surface area contributed by atoms with Gasteiger partial charge in [0.1, 0.15) is 0 Å². The maximum Gasteiger partial charge on any atom is 0.317 e. The largest absolute Gasteiger partial charge is 0.333 e. The molecule has 5 fully saturated rings. The van der Waals surface area contributed by atoms with Crippen LogP contribution in [0, 0.1) is 17.8 Å². The average molecular weight is 530 g/mol. The molecule has 0 spiro atoms. The highest BCUT2D eigenvalue weighted by Crippen LogP contribution is 2.55. The summed E-state index contributed by atoms with van der Waals surface area (Å²) in [7, 11) is 0. The SMILES string of the molecule is O=C(Nc1nc2ccccc2s1)c1ccc(CN2CCN(C(=O)NC34CC5CC(CC(C5)C3)C4)CC2)cc1. The standard InChI is InChI=1S/C30H35N5O2S/c36-27(32-28-31-25-3-1-2-4-26(25)38-28)24-7-5-20(6-8-24)19-34-9-11-35(12-10-34)29(37)33-30-16-21-13-22(17-30)15-23(14-21)18-30/h1-8,21-23H,9-19H2,(H,33,37)(H,31,32,36). The Morgan fingerprint density at radius 1 is 0.895 bits per heavy atom. The van der Waals surface area contributed by atoms with E-state index in [1.165, 1.54) is 55.4 Å². The van der Waals surface area contributed by atoms with Crippen LogP contribution in [0.2, 0.25) is 0 Å². The summed E-state index contributed by atoms with van der Waals surface area (Å²) in [6.07, 6.45) is 7.76. The molecule has 2 aromatic carbocycles. The van der Waals surface area contributed by atoms with Crippen LogP contribution in [0.1, 0.15) is 54.4 Å². The molecule has 1 aromatic heterocycles. The van der Waals surface area contributed by atoms with E-state index in [4.69, 9.17) is 0 Å². The first-order chi connectivity index (χ1) is 18.5. The van der Waals surface area contributed by atoms with Gasteiger partial charge in [0, 0.05) is 43.8 Å². The Morgan fingerprint density at radius 3 is 2.21 bits per heavy atom. The van der Waals surface area contributed by atoms with Gasteiger partial charge in [-0.25, -0.2) is 9.78 Å². The lowest BCUT2D eigenvalue weighted by atomic mass is 9.53. The number of thiazole rings is 1. The number of rotatable bonds is 5. The summed E-state index contributed by atoms with van der Waals surface area (Å²) in [5, 5.41) is 7.07. The van der Waals surface area contributed by atoms with Gasteiger partial charge in [-0.05, 0) is 86.1 Å². The van der Waals surface area contributed by atoms with Crippen molar-refractivity contribution < 1.29 is 9.59 Å². The third kappa shape index (κ3) is 4.80. The minimum atomic E-state index is -0.144. The van der Waals surface area contributed by atoms with Crippen molar-refractivity contribution in [3.05, 3.63) is 59.7 Å². The van der Waals surface area contributed by atoms with Crippen LogP contribution in [0.4, 0.5) is 9.93 Å². The third-order valence-corrected chi connectivity index (χ3v) is 10.2. The second-order valence-corrected chi connectivity index (χ2v) is 13.1. The van der Waals surface area contributed by atoms with Crippen molar-refractivity contribution in [3.63, 3.8) is 0 Å². The van der Waals surface area contributed by atoms with Crippen LogP contribution >= 0.6 is 11.3 Å². The van der Waals surface area contributed by atoms with E-state index in [1.807, 2.05) is 53.4 Å². The number of aromatic nitrogens is 1. The number of benzene rings is 2. The fraction of sp³-hybridized carbons (Fsp3) is 0.500. The second kappa shape index (κ2) is 9.65. The fourth-order valence-electron chi connectivity index (χ4n) is 7.79. The van der Waals surface area contributed by atoms with Crippen molar-refractivity contribution in [3.8, 4) is 0 Å².